The highest BCUT2D eigenvalue weighted by Gasteiger charge is 2.35. The SMILES string of the molecule is CCCCC1CSC(C)(CCCn2ccnc2)S1. The van der Waals surface area contributed by atoms with Crippen molar-refractivity contribution in [3.63, 3.8) is 0 Å². The second-order valence-electron chi connectivity index (χ2n) is 5.23. The zero-order valence-corrected chi connectivity index (χ0v) is 13.1. The Morgan fingerprint density at radius 2 is 2.33 bits per heavy atom. The summed E-state index contributed by atoms with van der Waals surface area (Å²) in [4.78, 5) is 4.09. The van der Waals surface area contributed by atoms with E-state index in [0.717, 1.165) is 11.8 Å². The Bertz CT molecular complexity index is 340. The fraction of sp³-hybridized carbons (Fsp3) is 0.786. The molecule has 1 fully saturated rings. The standard InChI is InChI=1S/C14H24N2S2/c1-3-4-6-13-11-17-14(2,18-13)7-5-9-16-10-8-15-12-16/h8,10,12-13H,3-7,9,11H2,1-2H3. The molecule has 1 aromatic rings. The van der Waals surface area contributed by atoms with Gasteiger partial charge in [-0.25, -0.2) is 4.98 Å². The Hall–Kier alpha value is -0.0900. The monoisotopic (exact) mass is 284 g/mol. The zero-order valence-electron chi connectivity index (χ0n) is 11.5. The van der Waals surface area contributed by atoms with Gasteiger partial charge in [0.05, 0.1) is 10.4 Å². The van der Waals surface area contributed by atoms with Gasteiger partial charge >= 0.3 is 0 Å². The van der Waals surface area contributed by atoms with Crippen molar-refractivity contribution in [2.24, 2.45) is 0 Å². The largest absolute Gasteiger partial charge is 0.337 e. The van der Waals surface area contributed by atoms with E-state index < -0.39 is 0 Å². The molecule has 1 aliphatic heterocycles. The fourth-order valence-corrected chi connectivity index (χ4v) is 6.00. The topological polar surface area (TPSA) is 17.8 Å². The fourth-order valence-electron chi connectivity index (χ4n) is 2.40. The van der Waals surface area contributed by atoms with Gasteiger partial charge in [0.15, 0.2) is 0 Å². The minimum Gasteiger partial charge on any atom is -0.337 e. The second kappa shape index (κ2) is 6.90. The number of hydrogen-bond donors (Lipinski definition) is 0. The van der Waals surface area contributed by atoms with Crippen molar-refractivity contribution in [1.29, 1.82) is 0 Å². The van der Waals surface area contributed by atoms with Crippen molar-refractivity contribution in [3.8, 4) is 0 Å². The van der Waals surface area contributed by atoms with Crippen LogP contribution in [-0.4, -0.2) is 24.6 Å². The predicted molar refractivity (Wildman–Crippen MR) is 83.2 cm³/mol. The summed E-state index contributed by atoms with van der Waals surface area (Å²) in [6.07, 6.45) is 12.5. The van der Waals surface area contributed by atoms with Crippen LogP contribution in [0.2, 0.25) is 0 Å². The van der Waals surface area contributed by atoms with E-state index in [0.29, 0.717) is 4.08 Å². The molecule has 102 valence electrons. The highest BCUT2D eigenvalue weighted by atomic mass is 32.2. The van der Waals surface area contributed by atoms with E-state index in [9.17, 15) is 0 Å². The molecule has 0 N–H and O–H groups in total. The normalized spacial score (nSPS) is 27.8. The third kappa shape index (κ3) is 4.23. The molecule has 18 heavy (non-hydrogen) atoms. The van der Waals surface area contributed by atoms with Gasteiger partial charge in [-0.1, -0.05) is 19.8 Å². The first kappa shape index (κ1) is 14.3. The lowest BCUT2D eigenvalue weighted by atomic mass is 10.2. The summed E-state index contributed by atoms with van der Waals surface area (Å²) in [5.41, 5.74) is 0. The number of unbranched alkanes of at least 4 members (excludes halogenated alkanes) is 1. The first-order chi connectivity index (χ1) is 8.72. The molecular formula is C14H24N2S2. The van der Waals surface area contributed by atoms with E-state index in [1.807, 2.05) is 12.5 Å². The molecule has 1 saturated heterocycles. The smallest absolute Gasteiger partial charge is 0.0945 e. The Balaban J connectivity index is 1.69. The molecule has 0 aromatic carbocycles. The van der Waals surface area contributed by atoms with E-state index in [2.05, 4.69) is 53.1 Å². The highest BCUT2D eigenvalue weighted by molar-refractivity contribution is 8.21. The van der Waals surface area contributed by atoms with Gasteiger partial charge in [0.1, 0.15) is 0 Å². The molecule has 0 bridgehead atoms. The van der Waals surface area contributed by atoms with Gasteiger partial charge in [0, 0.05) is 29.9 Å². The third-order valence-corrected chi connectivity index (χ3v) is 7.15. The van der Waals surface area contributed by atoms with Crippen LogP contribution in [-0.2, 0) is 6.54 Å². The van der Waals surface area contributed by atoms with Crippen molar-refractivity contribution >= 4 is 23.5 Å². The minimum atomic E-state index is 0.457. The van der Waals surface area contributed by atoms with Crippen LogP contribution < -0.4 is 0 Å². The van der Waals surface area contributed by atoms with Crippen molar-refractivity contribution in [1.82, 2.24) is 9.55 Å². The summed E-state index contributed by atoms with van der Waals surface area (Å²) in [5, 5.41) is 0.896. The van der Waals surface area contributed by atoms with E-state index in [1.54, 1.807) is 0 Å². The van der Waals surface area contributed by atoms with Crippen molar-refractivity contribution < 1.29 is 0 Å². The van der Waals surface area contributed by atoms with Crippen LogP contribution in [0.4, 0.5) is 0 Å². The summed E-state index contributed by atoms with van der Waals surface area (Å²) in [7, 11) is 0. The third-order valence-electron chi connectivity index (χ3n) is 3.48. The van der Waals surface area contributed by atoms with Gasteiger partial charge in [-0.3, -0.25) is 0 Å². The molecule has 4 heteroatoms. The first-order valence-electron chi connectivity index (χ1n) is 6.99. The molecule has 2 unspecified atom stereocenters. The summed E-state index contributed by atoms with van der Waals surface area (Å²) in [6, 6.07) is 0. The zero-order chi connectivity index (χ0) is 12.8. The molecule has 2 heterocycles. The molecule has 1 aliphatic rings. The lowest BCUT2D eigenvalue weighted by Crippen LogP contribution is -2.13. The van der Waals surface area contributed by atoms with Crippen LogP contribution in [0, 0.1) is 0 Å². The molecule has 2 atom stereocenters. The maximum atomic E-state index is 4.09. The van der Waals surface area contributed by atoms with E-state index in [4.69, 9.17) is 0 Å². The summed E-state index contributed by atoms with van der Waals surface area (Å²) < 4.78 is 2.64. The predicted octanol–water partition coefficient (Wildman–Crippen LogP) is 4.42. The summed E-state index contributed by atoms with van der Waals surface area (Å²) >= 11 is 4.41. The molecule has 0 aliphatic carbocycles. The molecule has 1 aromatic heterocycles. The van der Waals surface area contributed by atoms with Crippen molar-refractivity contribution in [3.05, 3.63) is 18.7 Å². The highest BCUT2D eigenvalue weighted by Crippen LogP contribution is 2.51. The Kier molecular flexibility index (Phi) is 5.49. The molecule has 2 nitrogen and oxygen atoms in total. The Morgan fingerprint density at radius 1 is 1.44 bits per heavy atom. The number of aryl methyl sites for hydroxylation is 1. The van der Waals surface area contributed by atoms with Gasteiger partial charge in [0.25, 0.3) is 0 Å². The summed E-state index contributed by atoms with van der Waals surface area (Å²) in [6.45, 7) is 5.83. The number of imidazole rings is 1. The van der Waals surface area contributed by atoms with Gasteiger partial charge in [-0.2, -0.15) is 0 Å². The molecule has 2 rings (SSSR count). The van der Waals surface area contributed by atoms with E-state index in [1.165, 1.54) is 37.9 Å². The van der Waals surface area contributed by atoms with Crippen molar-refractivity contribution in [2.75, 3.05) is 5.75 Å². The van der Waals surface area contributed by atoms with Crippen LogP contribution in [0.5, 0.6) is 0 Å². The van der Waals surface area contributed by atoms with Crippen LogP contribution in [0.1, 0.15) is 46.0 Å². The number of thioether (sulfide) groups is 2. The Morgan fingerprint density at radius 3 is 3.06 bits per heavy atom. The van der Waals surface area contributed by atoms with E-state index >= 15 is 0 Å². The maximum Gasteiger partial charge on any atom is 0.0945 e. The number of nitrogens with zero attached hydrogens (tertiary/aromatic N) is 2. The van der Waals surface area contributed by atoms with Gasteiger partial charge in [-0.15, -0.1) is 23.5 Å². The average molecular weight is 284 g/mol. The van der Waals surface area contributed by atoms with E-state index in [-0.39, 0.29) is 0 Å². The van der Waals surface area contributed by atoms with Crippen LogP contribution >= 0.6 is 23.5 Å². The Labute approximate surface area is 119 Å². The van der Waals surface area contributed by atoms with Gasteiger partial charge < -0.3 is 4.57 Å². The molecule has 0 spiro atoms. The van der Waals surface area contributed by atoms with Gasteiger partial charge in [0.2, 0.25) is 0 Å². The quantitative estimate of drug-likeness (QED) is 0.738. The number of aromatic nitrogens is 2. The lowest BCUT2D eigenvalue weighted by molar-refractivity contribution is 0.595. The van der Waals surface area contributed by atoms with Crippen LogP contribution in [0.15, 0.2) is 18.7 Å². The van der Waals surface area contributed by atoms with Gasteiger partial charge in [-0.05, 0) is 26.2 Å². The number of rotatable bonds is 7. The molecule has 0 radical (unpaired) electrons. The first-order valence-corrected chi connectivity index (χ1v) is 8.86. The lowest BCUT2D eigenvalue weighted by Gasteiger charge is -2.22. The van der Waals surface area contributed by atoms with Crippen LogP contribution in [0.3, 0.4) is 0 Å². The summed E-state index contributed by atoms with van der Waals surface area (Å²) in [5.74, 6) is 1.35. The molecule has 0 saturated carbocycles. The minimum absolute atomic E-state index is 0.457. The van der Waals surface area contributed by atoms with Crippen molar-refractivity contribution in [2.45, 2.75) is 61.8 Å². The average Bonchev–Trinajstić information content (AvgIpc) is 2.97. The maximum absolute atomic E-state index is 4.09. The number of hydrogen-bond acceptors (Lipinski definition) is 3. The van der Waals surface area contributed by atoms with Crippen LogP contribution in [0.25, 0.3) is 0 Å². The molecular weight excluding hydrogens is 260 g/mol. The molecule has 0 amide bonds. The second-order valence-corrected chi connectivity index (χ2v) is 8.82.